The van der Waals surface area contributed by atoms with Gasteiger partial charge in [0, 0.05) is 54.8 Å². The molecule has 12 nitrogen and oxygen atoms in total. The van der Waals surface area contributed by atoms with Crippen LogP contribution in [0.1, 0.15) is 36.6 Å². The average Bonchev–Trinajstić information content (AvgIpc) is 3.61. The smallest absolute Gasteiger partial charge is 0.324 e. The molecule has 1 aliphatic rings. The molecule has 274 valence electrons. The van der Waals surface area contributed by atoms with E-state index in [1.165, 1.54) is 0 Å². The predicted molar refractivity (Wildman–Crippen MR) is 209 cm³/mol. The molecule has 0 spiro atoms. The number of terminal acetylenes is 1. The van der Waals surface area contributed by atoms with Gasteiger partial charge in [-0.25, -0.2) is 19.4 Å². The van der Waals surface area contributed by atoms with Gasteiger partial charge in [-0.05, 0) is 51.1 Å². The largest absolute Gasteiger partial charge is 0.476 e. The number of urea groups is 1. The average molecular weight is 723 g/mol. The van der Waals surface area contributed by atoms with Gasteiger partial charge in [-0.3, -0.25) is 10.2 Å². The second-order valence-corrected chi connectivity index (χ2v) is 13.5. The fraction of sp³-hybridized carbons (Fsp3) is 0.262. The van der Waals surface area contributed by atoms with Crippen molar-refractivity contribution in [1.82, 2.24) is 29.6 Å². The van der Waals surface area contributed by atoms with E-state index in [-0.39, 0.29) is 0 Å². The third-order valence-electron chi connectivity index (χ3n) is 9.14. The summed E-state index contributed by atoms with van der Waals surface area (Å²) in [4.78, 5) is 29.6. The van der Waals surface area contributed by atoms with Gasteiger partial charge in [-0.15, -0.1) is 6.42 Å². The lowest BCUT2D eigenvalue weighted by Gasteiger charge is -2.26. The highest BCUT2D eigenvalue weighted by atomic mass is 16.5. The second kappa shape index (κ2) is 16.2. The Labute approximate surface area is 314 Å². The van der Waals surface area contributed by atoms with Crippen molar-refractivity contribution in [3.8, 4) is 35.5 Å². The van der Waals surface area contributed by atoms with Gasteiger partial charge in [0.25, 0.3) is 0 Å². The minimum absolute atomic E-state index is 0.386. The van der Waals surface area contributed by atoms with Crippen LogP contribution in [0.3, 0.4) is 0 Å². The van der Waals surface area contributed by atoms with Crippen molar-refractivity contribution < 1.29 is 19.0 Å². The summed E-state index contributed by atoms with van der Waals surface area (Å²) in [5, 5.41) is 12.3. The zero-order valence-corrected chi connectivity index (χ0v) is 30.6. The number of nitrogens with zero attached hydrogens (tertiary/aromatic N) is 6. The summed E-state index contributed by atoms with van der Waals surface area (Å²) in [5.74, 6) is 5.36. The van der Waals surface area contributed by atoms with Crippen LogP contribution in [0.4, 0.5) is 16.3 Å². The van der Waals surface area contributed by atoms with Gasteiger partial charge in [-0.2, -0.15) is 10.1 Å². The maximum Gasteiger partial charge on any atom is 0.324 e. The summed E-state index contributed by atoms with van der Waals surface area (Å²) < 4.78 is 19.4. The minimum Gasteiger partial charge on any atom is -0.476 e. The number of nitrogens with one attached hydrogen (secondary N) is 2. The summed E-state index contributed by atoms with van der Waals surface area (Å²) in [6, 6.07) is 28.0. The first-order valence-corrected chi connectivity index (χ1v) is 17.9. The predicted octanol–water partition coefficient (Wildman–Crippen LogP) is 7.17. The number of hydrogen-bond acceptors (Lipinski definition) is 9. The van der Waals surface area contributed by atoms with E-state index in [0.29, 0.717) is 53.6 Å². The lowest BCUT2D eigenvalue weighted by Crippen LogP contribution is -2.38. The molecule has 0 atom stereocenters. The quantitative estimate of drug-likeness (QED) is 0.126. The number of amides is 2. The van der Waals surface area contributed by atoms with E-state index >= 15 is 0 Å². The van der Waals surface area contributed by atoms with Crippen LogP contribution >= 0.6 is 0 Å². The van der Waals surface area contributed by atoms with Crippen LogP contribution in [-0.2, 0) is 16.6 Å². The van der Waals surface area contributed by atoms with Crippen molar-refractivity contribution in [2.24, 2.45) is 0 Å². The van der Waals surface area contributed by atoms with Crippen LogP contribution in [0.15, 0.2) is 97.2 Å². The highest BCUT2D eigenvalue weighted by molar-refractivity contribution is 6.07. The van der Waals surface area contributed by atoms with Crippen molar-refractivity contribution in [1.29, 1.82) is 0 Å². The van der Waals surface area contributed by atoms with Crippen LogP contribution in [0.25, 0.3) is 16.5 Å². The van der Waals surface area contributed by atoms with E-state index in [1.807, 2.05) is 93.6 Å². The number of carbonyl (C=O) groups is 1. The fourth-order valence-corrected chi connectivity index (χ4v) is 6.01. The van der Waals surface area contributed by atoms with Crippen molar-refractivity contribution in [3.05, 3.63) is 120 Å². The van der Waals surface area contributed by atoms with Gasteiger partial charge < -0.3 is 19.5 Å². The number of aryl methyl sites for hydroxylation is 1. The molecule has 4 heterocycles. The van der Waals surface area contributed by atoms with Crippen LogP contribution in [0, 0.1) is 19.3 Å². The minimum atomic E-state index is -0.639. The SMILES string of the molecule is C#CC(C)(C)c1cc(NC(=O)Nc2ccc(Oc3ccnc(Cc4cccc(OCCN5CCOCC5)n4)n3)c3ccccc23)n(-c2ccc(C)cc2)n1. The number of ether oxygens (including phenoxy) is 3. The number of hydrogen-bond donors (Lipinski definition) is 2. The van der Waals surface area contributed by atoms with E-state index in [4.69, 9.17) is 25.7 Å². The lowest BCUT2D eigenvalue weighted by atomic mass is 9.91. The molecule has 3 aromatic heterocycles. The fourth-order valence-electron chi connectivity index (χ4n) is 6.01. The highest BCUT2D eigenvalue weighted by Crippen LogP contribution is 2.34. The molecule has 1 fully saturated rings. The van der Waals surface area contributed by atoms with Gasteiger partial charge in [0.05, 0.1) is 47.8 Å². The maximum atomic E-state index is 13.5. The Morgan fingerprint density at radius 2 is 1.72 bits per heavy atom. The summed E-state index contributed by atoms with van der Waals surface area (Å²) in [6.45, 7) is 10.6. The van der Waals surface area contributed by atoms with Crippen molar-refractivity contribution in [2.45, 2.75) is 32.6 Å². The molecule has 0 saturated carbocycles. The van der Waals surface area contributed by atoms with E-state index in [1.54, 1.807) is 29.1 Å². The van der Waals surface area contributed by atoms with Gasteiger partial charge in [-0.1, -0.05) is 53.9 Å². The molecule has 2 amide bonds. The first kappa shape index (κ1) is 36.1. The van der Waals surface area contributed by atoms with Gasteiger partial charge in [0.2, 0.25) is 11.8 Å². The molecule has 0 aliphatic carbocycles. The molecule has 0 radical (unpaired) electrons. The van der Waals surface area contributed by atoms with Gasteiger partial charge in [0.1, 0.15) is 24.0 Å². The summed E-state index contributed by atoms with van der Waals surface area (Å²) >= 11 is 0. The monoisotopic (exact) mass is 722 g/mol. The Kier molecular flexibility index (Phi) is 10.8. The Morgan fingerprint density at radius 3 is 2.52 bits per heavy atom. The zero-order valence-electron chi connectivity index (χ0n) is 30.6. The number of rotatable bonds is 12. The molecule has 0 bridgehead atoms. The van der Waals surface area contributed by atoms with Crippen molar-refractivity contribution >= 4 is 28.3 Å². The van der Waals surface area contributed by atoms with Crippen LogP contribution in [0.5, 0.6) is 17.5 Å². The standard InChI is InChI=1S/C42H42N8O4/c1-5-42(3,4)36-28-38(50(48-36)31-15-13-29(2)14-16-31)47-41(51)45-34-17-18-35(33-11-7-6-10-32(33)34)54-40-19-20-43-37(46-40)27-30-9-8-12-39(44-30)53-26-23-49-21-24-52-25-22-49/h1,6-20,28H,21-27H2,2-4H3,(H2,45,47,51). The number of benzene rings is 3. The molecule has 6 aromatic rings. The molecule has 12 heteroatoms. The normalized spacial score (nSPS) is 13.3. The van der Waals surface area contributed by atoms with Crippen LogP contribution < -0.4 is 20.1 Å². The highest BCUT2D eigenvalue weighted by Gasteiger charge is 2.24. The van der Waals surface area contributed by atoms with E-state index in [2.05, 4.69) is 36.4 Å². The zero-order chi connectivity index (χ0) is 37.5. The molecule has 54 heavy (non-hydrogen) atoms. The number of morpholine rings is 1. The van der Waals surface area contributed by atoms with Crippen molar-refractivity contribution in [2.75, 3.05) is 50.1 Å². The van der Waals surface area contributed by atoms with Crippen LogP contribution in [0.2, 0.25) is 0 Å². The summed E-state index contributed by atoms with van der Waals surface area (Å²) in [5.41, 5.74) is 3.31. The molecule has 1 saturated heterocycles. The first-order valence-electron chi connectivity index (χ1n) is 17.9. The lowest BCUT2D eigenvalue weighted by molar-refractivity contribution is 0.0320. The molecule has 3 aromatic carbocycles. The number of pyridine rings is 1. The second-order valence-electron chi connectivity index (χ2n) is 13.5. The third kappa shape index (κ3) is 8.66. The first-order chi connectivity index (χ1) is 26.2. The molecule has 7 rings (SSSR count). The molecule has 1 aliphatic heterocycles. The number of fused-ring (bicyclic) bond motifs is 1. The molecule has 0 unspecified atom stereocenters. The summed E-state index contributed by atoms with van der Waals surface area (Å²) in [7, 11) is 0. The number of carbonyl (C=O) groups excluding carboxylic acids is 1. The summed E-state index contributed by atoms with van der Waals surface area (Å²) in [6.07, 6.45) is 7.89. The van der Waals surface area contributed by atoms with Gasteiger partial charge in [0.15, 0.2) is 0 Å². The maximum absolute atomic E-state index is 13.5. The van der Waals surface area contributed by atoms with Gasteiger partial charge >= 0.3 is 6.03 Å². The molecule has 2 N–H and O–H groups in total. The number of anilines is 2. The van der Waals surface area contributed by atoms with Crippen molar-refractivity contribution in [3.63, 3.8) is 0 Å². The molecular weight excluding hydrogens is 681 g/mol. The molecular formula is C42H42N8O4. The Hall–Kier alpha value is -6.29. The Bertz CT molecular complexity index is 2290. The topological polar surface area (TPSA) is 129 Å². The van der Waals surface area contributed by atoms with Crippen LogP contribution in [-0.4, -0.2) is 75.1 Å². The third-order valence-corrected chi connectivity index (χ3v) is 9.14. The van der Waals surface area contributed by atoms with E-state index < -0.39 is 11.4 Å². The van der Waals surface area contributed by atoms with E-state index in [9.17, 15) is 4.79 Å². The number of aromatic nitrogens is 5. The Morgan fingerprint density at radius 1 is 0.926 bits per heavy atom. The van der Waals surface area contributed by atoms with E-state index in [0.717, 1.165) is 60.6 Å². The Balaban J connectivity index is 1.04.